The van der Waals surface area contributed by atoms with Gasteiger partial charge in [-0.25, -0.2) is 8.42 Å². The van der Waals surface area contributed by atoms with Crippen LogP contribution in [0.15, 0.2) is 83.8 Å². The maximum atomic E-state index is 13.1. The van der Waals surface area contributed by atoms with Gasteiger partial charge in [-0.3, -0.25) is 0 Å². The third kappa shape index (κ3) is 3.24. The molecule has 0 unspecified atom stereocenters. The number of nitrogens with one attached hydrogen (secondary N) is 1. The Morgan fingerprint density at radius 3 is 2.00 bits per heavy atom. The molecule has 1 aromatic heterocycles. The number of benzene rings is 3. The monoisotopic (exact) mass is 381 g/mol. The Balaban J connectivity index is 1.79. The molecule has 0 amide bonds. The predicted molar refractivity (Wildman–Crippen MR) is 102 cm³/mol. The highest BCUT2D eigenvalue weighted by Crippen LogP contribution is 2.27. The molecule has 0 radical (unpaired) electrons. The summed E-state index contributed by atoms with van der Waals surface area (Å²) in [6.07, 6.45) is 0. The van der Waals surface area contributed by atoms with Crippen LogP contribution < -0.4 is 4.72 Å². The first-order valence-electron chi connectivity index (χ1n) is 7.99. The quantitative estimate of drug-likeness (QED) is 0.571. The third-order valence-corrected chi connectivity index (χ3v) is 6.07. The van der Waals surface area contributed by atoms with Crippen LogP contribution in [0, 0.1) is 0 Å². The van der Waals surface area contributed by atoms with E-state index in [2.05, 4.69) is 13.5 Å². The molecule has 0 saturated carbocycles. The van der Waals surface area contributed by atoms with Gasteiger partial charge >= 0.3 is 0 Å². The molecule has 1 N–H and O–H groups in total. The lowest BCUT2D eigenvalue weighted by atomic mass is 10.00. The summed E-state index contributed by atoms with van der Waals surface area (Å²) in [5.74, 6) is 0. The summed E-state index contributed by atoms with van der Waals surface area (Å²) in [6.45, 7) is 0. The van der Waals surface area contributed by atoms with E-state index in [1.807, 2.05) is 60.7 Å². The van der Waals surface area contributed by atoms with Gasteiger partial charge in [0, 0.05) is 0 Å². The molecule has 0 bridgehead atoms. The molecule has 130 valence electrons. The van der Waals surface area contributed by atoms with Crippen molar-refractivity contribution in [3.05, 3.63) is 90.0 Å². The van der Waals surface area contributed by atoms with Crippen LogP contribution in [0.1, 0.15) is 17.2 Å². The summed E-state index contributed by atoms with van der Waals surface area (Å²) in [5.41, 5.74) is 2.70. The zero-order valence-electron chi connectivity index (χ0n) is 13.6. The predicted octanol–water partition coefficient (Wildman–Crippen LogP) is 3.76. The summed E-state index contributed by atoms with van der Waals surface area (Å²) >= 11 is 1.00. The molecule has 0 saturated heterocycles. The van der Waals surface area contributed by atoms with Gasteiger partial charge in [-0.05, 0) is 23.3 Å². The number of sulfonamides is 1. The molecule has 1 heterocycles. The minimum absolute atomic E-state index is 0.139. The zero-order valence-corrected chi connectivity index (χ0v) is 15.2. The summed E-state index contributed by atoms with van der Waals surface area (Å²) in [5, 5.41) is 0. The molecular weight excluding hydrogens is 366 g/mol. The van der Waals surface area contributed by atoms with Crippen LogP contribution in [0.2, 0.25) is 0 Å². The molecule has 7 heteroatoms. The summed E-state index contributed by atoms with van der Waals surface area (Å²) < 4.78 is 37.4. The van der Waals surface area contributed by atoms with E-state index < -0.39 is 16.1 Å². The van der Waals surface area contributed by atoms with Crippen molar-refractivity contribution in [2.75, 3.05) is 0 Å². The molecule has 0 aliphatic rings. The van der Waals surface area contributed by atoms with Crippen molar-refractivity contribution < 1.29 is 8.42 Å². The van der Waals surface area contributed by atoms with Crippen molar-refractivity contribution in [2.45, 2.75) is 10.9 Å². The van der Waals surface area contributed by atoms with Crippen molar-refractivity contribution >= 4 is 32.8 Å². The van der Waals surface area contributed by atoms with Gasteiger partial charge in [0.1, 0.15) is 15.9 Å². The molecule has 4 aromatic rings. The van der Waals surface area contributed by atoms with E-state index in [0.717, 1.165) is 22.9 Å². The number of hydrogen-bond donors (Lipinski definition) is 1. The standard InChI is InChI=1S/C19H15N3O2S2/c23-26(24,17-13-7-12-16-19(17)21-25-20-16)22-18(14-8-3-1-4-9-14)15-10-5-2-6-11-15/h1-13,18,22H. The summed E-state index contributed by atoms with van der Waals surface area (Å²) in [7, 11) is -3.80. The van der Waals surface area contributed by atoms with Crippen molar-refractivity contribution in [2.24, 2.45) is 0 Å². The molecule has 26 heavy (non-hydrogen) atoms. The molecule has 4 rings (SSSR count). The minimum Gasteiger partial charge on any atom is -0.207 e. The third-order valence-electron chi connectivity index (χ3n) is 4.08. The zero-order chi connectivity index (χ0) is 18.0. The lowest BCUT2D eigenvalue weighted by Crippen LogP contribution is -2.29. The van der Waals surface area contributed by atoms with Gasteiger partial charge in [0.05, 0.1) is 17.8 Å². The first kappa shape index (κ1) is 16.8. The van der Waals surface area contributed by atoms with Crippen molar-refractivity contribution in [1.29, 1.82) is 0 Å². The fourth-order valence-corrected chi connectivity index (χ4v) is 4.82. The molecule has 5 nitrogen and oxygen atoms in total. The largest absolute Gasteiger partial charge is 0.243 e. The fourth-order valence-electron chi connectivity index (χ4n) is 2.84. The molecule has 0 aliphatic carbocycles. The van der Waals surface area contributed by atoms with E-state index in [-0.39, 0.29) is 4.90 Å². The van der Waals surface area contributed by atoms with E-state index in [0.29, 0.717) is 11.0 Å². The van der Waals surface area contributed by atoms with Gasteiger partial charge in [-0.15, -0.1) is 0 Å². The molecule has 0 fully saturated rings. The SMILES string of the molecule is O=S(=O)(NC(c1ccccc1)c1ccccc1)c1cccc2nsnc12. The Hall–Kier alpha value is -2.61. The van der Waals surface area contributed by atoms with Crippen LogP contribution in [0.4, 0.5) is 0 Å². The second-order valence-electron chi connectivity index (χ2n) is 5.76. The van der Waals surface area contributed by atoms with Gasteiger partial charge in [0.15, 0.2) is 0 Å². The Kier molecular flexibility index (Phi) is 4.50. The Labute approximate surface area is 155 Å². The lowest BCUT2D eigenvalue weighted by Gasteiger charge is -2.20. The second kappa shape index (κ2) is 6.95. The van der Waals surface area contributed by atoms with Crippen molar-refractivity contribution in [3.8, 4) is 0 Å². The Bertz CT molecular complexity index is 1090. The highest BCUT2D eigenvalue weighted by Gasteiger charge is 2.25. The number of fused-ring (bicyclic) bond motifs is 1. The maximum Gasteiger partial charge on any atom is 0.243 e. The first-order chi connectivity index (χ1) is 12.6. The van der Waals surface area contributed by atoms with Gasteiger partial charge in [-0.1, -0.05) is 66.7 Å². The van der Waals surface area contributed by atoms with E-state index in [9.17, 15) is 8.42 Å². The number of hydrogen-bond acceptors (Lipinski definition) is 5. The minimum atomic E-state index is -3.80. The average molecular weight is 381 g/mol. The van der Waals surface area contributed by atoms with Crippen molar-refractivity contribution in [3.63, 3.8) is 0 Å². The van der Waals surface area contributed by atoms with Gasteiger partial charge in [0.25, 0.3) is 0 Å². The fraction of sp³-hybridized carbons (Fsp3) is 0.0526. The van der Waals surface area contributed by atoms with E-state index >= 15 is 0 Å². The van der Waals surface area contributed by atoms with Crippen LogP contribution >= 0.6 is 11.7 Å². The Morgan fingerprint density at radius 1 is 0.769 bits per heavy atom. The molecule has 0 atom stereocenters. The highest BCUT2D eigenvalue weighted by atomic mass is 32.2. The normalized spacial score (nSPS) is 11.9. The Morgan fingerprint density at radius 2 is 1.38 bits per heavy atom. The van der Waals surface area contributed by atoms with Crippen LogP contribution in [-0.2, 0) is 10.0 Å². The van der Waals surface area contributed by atoms with Crippen LogP contribution in [0.25, 0.3) is 11.0 Å². The molecule has 0 spiro atoms. The maximum absolute atomic E-state index is 13.1. The van der Waals surface area contributed by atoms with Gasteiger partial charge < -0.3 is 0 Å². The van der Waals surface area contributed by atoms with Crippen molar-refractivity contribution in [1.82, 2.24) is 13.5 Å². The number of rotatable bonds is 5. The summed E-state index contributed by atoms with van der Waals surface area (Å²) in [4.78, 5) is 0.139. The average Bonchev–Trinajstić information content (AvgIpc) is 3.16. The highest BCUT2D eigenvalue weighted by molar-refractivity contribution is 7.89. The van der Waals surface area contributed by atoms with E-state index in [1.165, 1.54) is 0 Å². The second-order valence-corrected chi connectivity index (χ2v) is 7.97. The molecule has 3 aromatic carbocycles. The van der Waals surface area contributed by atoms with Crippen LogP contribution in [-0.4, -0.2) is 17.2 Å². The van der Waals surface area contributed by atoms with E-state index in [1.54, 1.807) is 18.2 Å². The molecule has 0 aliphatic heterocycles. The van der Waals surface area contributed by atoms with Crippen LogP contribution in [0.3, 0.4) is 0 Å². The first-order valence-corrected chi connectivity index (χ1v) is 10.2. The van der Waals surface area contributed by atoms with Gasteiger partial charge in [-0.2, -0.15) is 13.5 Å². The smallest absolute Gasteiger partial charge is 0.207 e. The lowest BCUT2D eigenvalue weighted by molar-refractivity contribution is 0.573. The van der Waals surface area contributed by atoms with Crippen LogP contribution in [0.5, 0.6) is 0 Å². The number of aromatic nitrogens is 2. The molecular formula is C19H15N3O2S2. The summed E-state index contributed by atoms with van der Waals surface area (Å²) in [6, 6.07) is 23.5. The topological polar surface area (TPSA) is 72.0 Å². The van der Waals surface area contributed by atoms with Gasteiger partial charge in [0.2, 0.25) is 10.0 Å². The van der Waals surface area contributed by atoms with E-state index in [4.69, 9.17) is 0 Å². The number of nitrogens with zero attached hydrogens (tertiary/aromatic N) is 2.